The lowest BCUT2D eigenvalue weighted by molar-refractivity contribution is -0.121. The quantitative estimate of drug-likeness (QED) is 0.657. The van der Waals surface area contributed by atoms with E-state index in [2.05, 4.69) is 10.9 Å². The highest BCUT2D eigenvalue weighted by atomic mass is 32.1. The van der Waals surface area contributed by atoms with Crippen LogP contribution in [-0.4, -0.2) is 17.6 Å². The van der Waals surface area contributed by atoms with Crippen molar-refractivity contribution in [2.45, 2.75) is 19.8 Å². The van der Waals surface area contributed by atoms with Gasteiger partial charge in [0.15, 0.2) is 5.78 Å². The fourth-order valence-corrected chi connectivity index (χ4v) is 2.45. The van der Waals surface area contributed by atoms with Crippen LogP contribution in [0.3, 0.4) is 0 Å². The number of nitrogens with one attached hydrogen (secondary N) is 2. The second kappa shape index (κ2) is 7.51. The van der Waals surface area contributed by atoms with Crippen molar-refractivity contribution >= 4 is 28.9 Å². The molecule has 0 atom stereocenters. The Balaban J connectivity index is 1.74. The summed E-state index contributed by atoms with van der Waals surface area (Å²) in [5, 5.41) is 1.81. The van der Waals surface area contributed by atoms with Crippen molar-refractivity contribution in [1.29, 1.82) is 0 Å². The van der Waals surface area contributed by atoms with Gasteiger partial charge in [0.1, 0.15) is 0 Å². The molecule has 0 unspecified atom stereocenters. The molecule has 0 saturated heterocycles. The molecule has 0 bridgehead atoms. The van der Waals surface area contributed by atoms with E-state index < -0.39 is 11.8 Å². The maximum Gasteiger partial charge on any atom is 0.269 e. The van der Waals surface area contributed by atoms with Gasteiger partial charge in [-0.25, -0.2) is 0 Å². The van der Waals surface area contributed by atoms with Gasteiger partial charge in [-0.2, -0.15) is 0 Å². The summed E-state index contributed by atoms with van der Waals surface area (Å²) in [5.41, 5.74) is 6.15. The van der Waals surface area contributed by atoms with Gasteiger partial charge in [0.25, 0.3) is 5.91 Å². The largest absolute Gasteiger partial charge is 0.293 e. The summed E-state index contributed by atoms with van der Waals surface area (Å²) in [6.45, 7) is 1.92. The molecule has 2 rings (SSSR count). The Morgan fingerprint density at radius 2 is 1.73 bits per heavy atom. The summed E-state index contributed by atoms with van der Waals surface area (Å²) in [6, 6.07) is 10.5. The second-order valence-corrected chi connectivity index (χ2v) is 5.72. The third-order valence-corrected chi connectivity index (χ3v) is 3.92. The highest BCUT2D eigenvalue weighted by Crippen LogP contribution is 2.12. The van der Waals surface area contributed by atoms with Gasteiger partial charge >= 0.3 is 0 Å². The van der Waals surface area contributed by atoms with E-state index >= 15 is 0 Å². The van der Waals surface area contributed by atoms with Crippen LogP contribution >= 0.6 is 11.3 Å². The Kier molecular flexibility index (Phi) is 5.43. The van der Waals surface area contributed by atoms with E-state index in [-0.39, 0.29) is 18.6 Å². The van der Waals surface area contributed by atoms with Crippen LogP contribution in [0.2, 0.25) is 0 Å². The molecule has 22 heavy (non-hydrogen) atoms. The van der Waals surface area contributed by atoms with E-state index in [4.69, 9.17) is 0 Å². The number of carbonyl (C=O) groups excluding carboxylic acids is 3. The van der Waals surface area contributed by atoms with Crippen LogP contribution in [0.5, 0.6) is 0 Å². The molecular weight excluding hydrogens is 300 g/mol. The molecule has 0 aliphatic carbocycles. The van der Waals surface area contributed by atoms with E-state index in [1.165, 1.54) is 11.3 Å². The Morgan fingerprint density at radius 1 is 1.00 bits per heavy atom. The number of amides is 2. The van der Waals surface area contributed by atoms with Crippen molar-refractivity contribution in [3.05, 3.63) is 57.8 Å². The Hall–Kier alpha value is -2.47. The van der Waals surface area contributed by atoms with Gasteiger partial charge in [-0.3, -0.25) is 25.2 Å². The van der Waals surface area contributed by atoms with Crippen molar-refractivity contribution in [2.75, 3.05) is 0 Å². The lowest BCUT2D eigenvalue weighted by atomic mass is 10.1. The van der Waals surface area contributed by atoms with Crippen molar-refractivity contribution in [1.82, 2.24) is 10.9 Å². The maximum absolute atomic E-state index is 11.8. The van der Waals surface area contributed by atoms with Gasteiger partial charge in [-0.1, -0.05) is 23.8 Å². The number of ketones is 1. The predicted octanol–water partition coefficient (Wildman–Crippen LogP) is 2.48. The van der Waals surface area contributed by atoms with Crippen LogP contribution in [0.25, 0.3) is 0 Å². The molecule has 0 saturated carbocycles. The molecule has 114 valence electrons. The fraction of sp³-hybridized carbons (Fsp3) is 0.188. The molecule has 0 spiro atoms. The number of thiophene rings is 1. The molecule has 0 aliphatic rings. The average molecular weight is 316 g/mol. The molecule has 6 heteroatoms. The summed E-state index contributed by atoms with van der Waals surface area (Å²) >= 11 is 1.35. The molecule has 0 fully saturated rings. The lowest BCUT2D eigenvalue weighted by Crippen LogP contribution is -2.41. The van der Waals surface area contributed by atoms with Crippen LogP contribution in [0.15, 0.2) is 41.8 Å². The third-order valence-electron chi connectivity index (χ3n) is 3.00. The number of hydrazine groups is 1. The van der Waals surface area contributed by atoms with Crippen molar-refractivity contribution in [3.63, 3.8) is 0 Å². The molecule has 2 N–H and O–H groups in total. The first-order valence-electron chi connectivity index (χ1n) is 6.79. The molecular formula is C16H16N2O3S. The fourth-order valence-electron chi connectivity index (χ4n) is 1.75. The minimum Gasteiger partial charge on any atom is -0.293 e. The first-order valence-corrected chi connectivity index (χ1v) is 7.67. The zero-order valence-corrected chi connectivity index (χ0v) is 12.9. The maximum atomic E-state index is 11.8. The first-order chi connectivity index (χ1) is 10.6. The van der Waals surface area contributed by atoms with E-state index in [0.717, 1.165) is 5.56 Å². The van der Waals surface area contributed by atoms with Crippen molar-refractivity contribution < 1.29 is 14.4 Å². The summed E-state index contributed by atoms with van der Waals surface area (Å²) in [6.07, 6.45) is 0.150. The van der Waals surface area contributed by atoms with Crippen LogP contribution in [0, 0.1) is 6.92 Å². The molecule has 2 amide bonds. The lowest BCUT2D eigenvalue weighted by Gasteiger charge is -2.07. The summed E-state index contributed by atoms with van der Waals surface area (Å²) < 4.78 is 0. The molecule has 1 aromatic heterocycles. The molecule has 5 nitrogen and oxygen atoms in total. The van der Waals surface area contributed by atoms with E-state index in [1.807, 2.05) is 24.4 Å². The van der Waals surface area contributed by atoms with Gasteiger partial charge in [0.2, 0.25) is 5.91 Å². The standard InChI is InChI=1S/C16H16N2O3S/c1-11-4-6-12(7-5-11)16(21)18-17-15(20)9-8-13(19)14-3-2-10-22-14/h2-7,10H,8-9H2,1H3,(H,17,20)(H,18,21). The van der Waals surface area contributed by atoms with Gasteiger partial charge in [-0.15, -0.1) is 11.3 Å². The number of Topliss-reactive ketones (excluding diaryl/α,β-unsaturated/α-hetero) is 1. The Labute approximate surface area is 132 Å². The van der Waals surface area contributed by atoms with Gasteiger partial charge in [0, 0.05) is 18.4 Å². The van der Waals surface area contributed by atoms with Crippen LogP contribution in [0.4, 0.5) is 0 Å². The van der Waals surface area contributed by atoms with Crippen LogP contribution in [-0.2, 0) is 4.79 Å². The molecule has 1 aromatic carbocycles. The molecule has 0 aliphatic heterocycles. The minimum absolute atomic E-state index is 0.0326. The zero-order valence-electron chi connectivity index (χ0n) is 12.1. The van der Waals surface area contributed by atoms with Crippen molar-refractivity contribution in [2.24, 2.45) is 0 Å². The molecule has 0 radical (unpaired) electrons. The van der Waals surface area contributed by atoms with E-state index in [0.29, 0.717) is 10.4 Å². The van der Waals surface area contributed by atoms with Gasteiger partial charge in [-0.05, 0) is 30.5 Å². The normalized spacial score (nSPS) is 10.0. The Bertz CT molecular complexity index is 663. The first kappa shape index (κ1) is 15.9. The second-order valence-electron chi connectivity index (χ2n) is 4.77. The number of carbonyl (C=O) groups is 3. The highest BCUT2D eigenvalue weighted by Gasteiger charge is 2.11. The molecule has 1 heterocycles. The zero-order chi connectivity index (χ0) is 15.9. The number of rotatable bonds is 5. The molecule has 2 aromatic rings. The van der Waals surface area contributed by atoms with Crippen molar-refractivity contribution in [3.8, 4) is 0 Å². The smallest absolute Gasteiger partial charge is 0.269 e. The predicted molar refractivity (Wildman–Crippen MR) is 84.7 cm³/mol. The topological polar surface area (TPSA) is 75.3 Å². The van der Waals surface area contributed by atoms with E-state index in [9.17, 15) is 14.4 Å². The summed E-state index contributed by atoms with van der Waals surface area (Å²) in [7, 11) is 0. The summed E-state index contributed by atoms with van der Waals surface area (Å²) in [4.78, 5) is 35.8. The number of hydrogen-bond donors (Lipinski definition) is 2. The summed E-state index contributed by atoms with van der Waals surface area (Å²) in [5.74, 6) is -0.863. The average Bonchev–Trinajstić information content (AvgIpc) is 3.05. The third kappa shape index (κ3) is 4.53. The van der Waals surface area contributed by atoms with Gasteiger partial charge in [0.05, 0.1) is 4.88 Å². The number of benzene rings is 1. The van der Waals surface area contributed by atoms with Gasteiger partial charge < -0.3 is 0 Å². The SMILES string of the molecule is Cc1ccc(C(=O)NNC(=O)CCC(=O)c2cccs2)cc1. The number of hydrogen-bond acceptors (Lipinski definition) is 4. The van der Waals surface area contributed by atoms with Crippen LogP contribution in [0.1, 0.15) is 38.4 Å². The monoisotopic (exact) mass is 316 g/mol. The minimum atomic E-state index is -0.398. The highest BCUT2D eigenvalue weighted by molar-refractivity contribution is 7.12. The van der Waals surface area contributed by atoms with E-state index in [1.54, 1.807) is 24.3 Å². The van der Waals surface area contributed by atoms with Crippen LogP contribution < -0.4 is 10.9 Å². The number of aryl methyl sites for hydroxylation is 1. The Morgan fingerprint density at radius 3 is 2.36 bits per heavy atom.